The highest BCUT2D eigenvalue weighted by Gasteiger charge is 2.25. The number of rotatable bonds is 8. The predicted octanol–water partition coefficient (Wildman–Crippen LogP) is 1.75. The van der Waals surface area contributed by atoms with Crippen LogP contribution < -0.4 is 5.32 Å². The summed E-state index contributed by atoms with van der Waals surface area (Å²) in [4.78, 5) is 0.263. The summed E-state index contributed by atoms with van der Waals surface area (Å²) < 4.78 is 26.3. The molecule has 0 saturated heterocycles. The Morgan fingerprint density at radius 1 is 1.33 bits per heavy atom. The molecule has 0 aliphatic heterocycles. The van der Waals surface area contributed by atoms with Gasteiger partial charge in [0, 0.05) is 19.1 Å². The SMILES string of the molecule is CCNC(CC)c1cccc(S(=O)(=O)N(C)C(C)CO)c1. The monoisotopic (exact) mass is 314 g/mol. The zero-order valence-electron chi connectivity index (χ0n) is 13.2. The fourth-order valence-electron chi connectivity index (χ4n) is 2.15. The Kier molecular flexibility index (Phi) is 6.80. The van der Waals surface area contributed by atoms with E-state index in [4.69, 9.17) is 5.11 Å². The molecule has 0 aliphatic rings. The van der Waals surface area contributed by atoms with Crippen LogP contribution in [0.1, 0.15) is 38.8 Å². The van der Waals surface area contributed by atoms with Crippen molar-refractivity contribution in [1.29, 1.82) is 0 Å². The molecule has 6 heteroatoms. The first-order valence-electron chi connectivity index (χ1n) is 7.30. The second-order valence-corrected chi connectivity index (χ2v) is 7.14. The van der Waals surface area contributed by atoms with Gasteiger partial charge in [0.15, 0.2) is 0 Å². The molecule has 0 aliphatic carbocycles. The number of hydrogen-bond acceptors (Lipinski definition) is 4. The summed E-state index contributed by atoms with van der Waals surface area (Å²) >= 11 is 0. The van der Waals surface area contributed by atoms with Gasteiger partial charge in [0.2, 0.25) is 10.0 Å². The minimum absolute atomic E-state index is 0.144. The summed E-state index contributed by atoms with van der Waals surface area (Å²) in [5.74, 6) is 0. The molecule has 5 nitrogen and oxygen atoms in total. The molecule has 1 rings (SSSR count). The standard InChI is InChI=1S/C15H26N2O3S/c1-5-15(16-6-2)13-8-7-9-14(10-13)21(19,20)17(4)12(3)11-18/h7-10,12,15-16,18H,5-6,11H2,1-4H3. The Bertz CT molecular complexity index is 546. The largest absolute Gasteiger partial charge is 0.395 e. The minimum atomic E-state index is -3.58. The molecule has 1 aromatic rings. The Hall–Kier alpha value is -0.950. The van der Waals surface area contributed by atoms with E-state index in [0.29, 0.717) is 0 Å². The molecule has 1 aromatic carbocycles. The molecule has 0 aromatic heterocycles. The van der Waals surface area contributed by atoms with Crippen molar-refractivity contribution < 1.29 is 13.5 Å². The van der Waals surface area contributed by atoms with E-state index in [0.717, 1.165) is 18.5 Å². The van der Waals surface area contributed by atoms with Crippen molar-refractivity contribution in [2.45, 2.75) is 44.2 Å². The van der Waals surface area contributed by atoms with E-state index < -0.39 is 16.1 Å². The third-order valence-corrected chi connectivity index (χ3v) is 5.65. The molecule has 0 radical (unpaired) electrons. The number of likely N-dealkylation sites (N-methyl/N-ethyl adjacent to an activating group) is 1. The summed E-state index contributed by atoms with van der Waals surface area (Å²) in [6.07, 6.45) is 0.889. The molecule has 21 heavy (non-hydrogen) atoms. The second-order valence-electron chi connectivity index (χ2n) is 5.14. The van der Waals surface area contributed by atoms with E-state index in [1.165, 1.54) is 11.4 Å². The highest BCUT2D eigenvalue weighted by molar-refractivity contribution is 7.89. The Balaban J connectivity index is 3.14. The Morgan fingerprint density at radius 2 is 2.00 bits per heavy atom. The number of benzene rings is 1. The highest BCUT2D eigenvalue weighted by atomic mass is 32.2. The number of sulfonamides is 1. The van der Waals surface area contributed by atoms with Crippen LogP contribution in [0, 0.1) is 0 Å². The average molecular weight is 314 g/mol. The number of nitrogens with one attached hydrogen (secondary N) is 1. The van der Waals surface area contributed by atoms with Crippen LogP contribution in [-0.4, -0.2) is 44.1 Å². The molecular formula is C15H26N2O3S. The summed E-state index contributed by atoms with van der Waals surface area (Å²) in [6.45, 7) is 6.39. The van der Waals surface area contributed by atoms with Crippen LogP contribution in [0.3, 0.4) is 0 Å². The molecule has 0 bridgehead atoms. The summed E-state index contributed by atoms with van der Waals surface area (Å²) in [5.41, 5.74) is 0.963. The number of aliphatic hydroxyl groups excluding tert-OH is 1. The van der Waals surface area contributed by atoms with Crippen molar-refractivity contribution in [2.75, 3.05) is 20.2 Å². The van der Waals surface area contributed by atoms with Crippen molar-refractivity contribution in [3.8, 4) is 0 Å². The van der Waals surface area contributed by atoms with Gasteiger partial charge in [-0.05, 0) is 37.6 Å². The maximum Gasteiger partial charge on any atom is 0.243 e. The van der Waals surface area contributed by atoms with Crippen LogP contribution in [0.25, 0.3) is 0 Å². The first-order chi connectivity index (χ1) is 9.88. The molecule has 0 amide bonds. The lowest BCUT2D eigenvalue weighted by Gasteiger charge is -2.23. The van der Waals surface area contributed by atoms with Crippen molar-refractivity contribution in [3.05, 3.63) is 29.8 Å². The van der Waals surface area contributed by atoms with Gasteiger partial charge in [0.25, 0.3) is 0 Å². The van der Waals surface area contributed by atoms with E-state index in [1.807, 2.05) is 13.0 Å². The fraction of sp³-hybridized carbons (Fsp3) is 0.600. The van der Waals surface area contributed by atoms with Gasteiger partial charge in [-0.15, -0.1) is 0 Å². The first kappa shape index (κ1) is 18.1. The molecule has 0 fully saturated rings. The van der Waals surface area contributed by atoms with Crippen molar-refractivity contribution in [3.63, 3.8) is 0 Å². The summed E-state index contributed by atoms with van der Waals surface area (Å²) in [5, 5.41) is 12.5. The van der Waals surface area contributed by atoms with Gasteiger partial charge in [-0.25, -0.2) is 8.42 Å². The van der Waals surface area contributed by atoms with E-state index in [9.17, 15) is 8.42 Å². The lowest BCUT2D eigenvalue weighted by molar-refractivity contribution is 0.214. The average Bonchev–Trinajstić information content (AvgIpc) is 2.51. The molecular weight excluding hydrogens is 288 g/mol. The van der Waals surface area contributed by atoms with E-state index in [1.54, 1.807) is 25.1 Å². The van der Waals surface area contributed by atoms with Crippen LogP contribution in [0.15, 0.2) is 29.2 Å². The maximum atomic E-state index is 12.5. The van der Waals surface area contributed by atoms with Crippen molar-refractivity contribution >= 4 is 10.0 Å². The molecule has 0 saturated carbocycles. The maximum absolute atomic E-state index is 12.5. The lowest BCUT2D eigenvalue weighted by atomic mass is 10.0. The number of hydrogen-bond donors (Lipinski definition) is 2. The highest BCUT2D eigenvalue weighted by Crippen LogP contribution is 2.22. The van der Waals surface area contributed by atoms with E-state index in [-0.39, 0.29) is 17.5 Å². The summed E-state index contributed by atoms with van der Waals surface area (Å²) in [6, 6.07) is 6.70. The first-order valence-corrected chi connectivity index (χ1v) is 8.74. The van der Waals surface area contributed by atoms with Gasteiger partial charge in [-0.1, -0.05) is 26.0 Å². The van der Waals surface area contributed by atoms with Gasteiger partial charge in [-0.3, -0.25) is 0 Å². The third-order valence-electron chi connectivity index (χ3n) is 3.68. The van der Waals surface area contributed by atoms with Crippen LogP contribution in [-0.2, 0) is 10.0 Å². The quantitative estimate of drug-likeness (QED) is 0.767. The molecule has 2 unspecified atom stereocenters. The predicted molar refractivity (Wildman–Crippen MR) is 84.6 cm³/mol. The number of nitrogens with zero attached hydrogens (tertiary/aromatic N) is 1. The third kappa shape index (κ3) is 4.26. The molecule has 2 N–H and O–H groups in total. The molecule has 0 heterocycles. The van der Waals surface area contributed by atoms with Crippen LogP contribution >= 0.6 is 0 Å². The Labute approximate surface area is 128 Å². The van der Waals surface area contributed by atoms with Crippen molar-refractivity contribution in [1.82, 2.24) is 9.62 Å². The van der Waals surface area contributed by atoms with Crippen molar-refractivity contribution in [2.24, 2.45) is 0 Å². The molecule has 2 atom stereocenters. The normalized spacial score (nSPS) is 15.1. The van der Waals surface area contributed by atoms with Crippen LogP contribution in [0.5, 0.6) is 0 Å². The van der Waals surface area contributed by atoms with Crippen LogP contribution in [0.2, 0.25) is 0 Å². The minimum Gasteiger partial charge on any atom is -0.395 e. The van der Waals surface area contributed by atoms with Gasteiger partial charge in [0.1, 0.15) is 0 Å². The Morgan fingerprint density at radius 3 is 2.52 bits per heavy atom. The second kappa shape index (κ2) is 7.89. The molecule has 120 valence electrons. The zero-order valence-corrected chi connectivity index (χ0v) is 14.0. The van der Waals surface area contributed by atoms with Gasteiger partial charge < -0.3 is 10.4 Å². The van der Waals surface area contributed by atoms with Gasteiger partial charge in [-0.2, -0.15) is 4.31 Å². The van der Waals surface area contributed by atoms with E-state index in [2.05, 4.69) is 12.2 Å². The zero-order chi connectivity index (χ0) is 16.0. The van der Waals surface area contributed by atoms with E-state index >= 15 is 0 Å². The lowest BCUT2D eigenvalue weighted by Crippen LogP contribution is -2.37. The van der Waals surface area contributed by atoms with Gasteiger partial charge >= 0.3 is 0 Å². The summed E-state index contributed by atoms with van der Waals surface area (Å²) in [7, 11) is -2.09. The van der Waals surface area contributed by atoms with Crippen LogP contribution in [0.4, 0.5) is 0 Å². The smallest absolute Gasteiger partial charge is 0.243 e. The number of aliphatic hydroxyl groups is 1. The topological polar surface area (TPSA) is 69.6 Å². The van der Waals surface area contributed by atoms with Gasteiger partial charge in [0.05, 0.1) is 11.5 Å². The fourth-order valence-corrected chi connectivity index (χ4v) is 3.56. The molecule has 0 spiro atoms.